The van der Waals surface area contributed by atoms with Gasteiger partial charge in [0.1, 0.15) is 18.3 Å². The van der Waals surface area contributed by atoms with E-state index in [2.05, 4.69) is 5.32 Å². The molecule has 0 aliphatic rings. The highest BCUT2D eigenvalue weighted by Crippen LogP contribution is 2.24. The number of nitrogens with one attached hydrogen (secondary N) is 1. The molecule has 1 N–H and O–H groups in total. The summed E-state index contributed by atoms with van der Waals surface area (Å²) < 4.78 is 32.3. The summed E-state index contributed by atoms with van der Waals surface area (Å²) in [6.45, 7) is 7.47. The molecule has 3 rings (SSSR count). The Morgan fingerprint density at radius 3 is 2.15 bits per heavy atom. The fourth-order valence-corrected chi connectivity index (χ4v) is 5.39. The lowest BCUT2D eigenvalue weighted by Crippen LogP contribution is -2.56. The van der Waals surface area contributed by atoms with E-state index in [4.69, 9.17) is 16.3 Å². The normalized spacial score (nSPS) is 12.3. The summed E-state index contributed by atoms with van der Waals surface area (Å²) in [6, 6.07) is 22.0. The molecule has 0 fully saturated rings. The van der Waals surface area contributed by atoms with Crippen LogP contribution in [-0.4, -0.2) is 56.1 Å². The molecule has 0 saturated heterocycles. The molecule has 0 spiro atoms. The second kappa shape index (κ2) is 13.9. The largest absolute Gasteiger partial charge is 0.494 e. The van der Waals surface area contributed by atoms with Crippen molar-refractivity contribution in [3.05, 3.63) is 95.0 Å². The molecule has 1 atom stereocenters. The molecule has 220 valence electrons. The summed E-state index contributed by atoms with van der Waals surface area (Å²) in [5, 5.41) is 3.49. The van der Waals surface area contributed by atoms with E-state index in [9.17, 15) is 18.0 Å². The maximum Gasteiger partial charge on any atom is 0.244 e. The molecule has 2 amide bonds. The van der Waals surface area contributed by atoms with Gasteiger partial charge in [0.2, 0.25) is 21.8 Å². The lowest BCUT2D eigenvalue weighted by Gasteiger charge is -2.35. The van der Waals surface area contributed by atoms with E-state index in [0.717, 1.165) is 16.1 Å². The minimum absolute atomic E-state index is 0.0509. The smallest absolute Gasteiger partial charge is 0.244 e. The Bertz CT molecular complexity index is 1420. The van der Waals surface area contributed by atoms with E-state index in [1.54, 1.807) is 42.5 Å². The summed E-state index contributed by atoms with van der Waals surface area (Å²) >= 11 is 6.25. The van der Waals surface area contributed by atoms with Gasteiger partial charge in [-0.05, 0) is 75.2 Å². The molecule has 0 aromatic heterocycles. The lowest BCUT2D eigenvalue weighted by molar-refractivity contribution is -0.140. The van der Waals surface area contributed by atoms with Crippen molar-refractivity contribution < 1.29 is 22.7 Å². The van der Waals surface area contributed by atoms with Crippen molar-refractivity contribution in [2.75, 3.05) is 23.7 Å². The summed E-state index contributed by atoms with van der Waals surface area (Å²) in [4.78, 5) is 29.3. The molecule has 10 heteroatoms. The molecule has 0 saturated carbocycles. The number of ether oxygens (including phenoxy) is 1. The van der Waals surface area contributed by atoms with Gasteiger partial charge in [-0.3, -0.25) is 13.9 Å². The van der Waals surface area contributed by atoms with E-state index in [1.807, 2.05) is 64.1 Å². The maximum absolute atomic E-state index is 14.1. The molecule has 0 aliphatic heterocycles. The number of benzene rings is 3. The van der Waals surface area contributed by atoms with E-state index in [-0.39, 0.29) is 18.9 Å². The van der Waals surface area contributed by atoms with E-state index in [1.165, 1.54) is 4.90 Å². The first-order valence-corrected chi connectivity index (χ1v) is 15.6. The first kappa shape index (κ1) is 32.0. The van der Waals surface area contributed by atoms with Crippen LogP contribution in [0.5, 0.6) is 5.75 Å². The average molecular weight is 600 g/mol. The number of carbonyl (C=O) groups is 2. The number of hydrogen-bond donors (Lipinski definition) is 1. The Labute approximate surface area is 248 Å². The van der Waals surface area contributed by atoms with Crippen LogP contribution in [0.3, 0.4) is 0 Å². The van der Waals surface area contributed by atoms with Crippen LogP contribution < -0.4 is 14.4 Å². The minimum atomic E-state index is -3.86. The molecule has 0 heterocycles. The fraction of sp³-hybridized carbons (Fsp3) is 0.355. The Morgan fingerprint density at radius 2 is 1.59 bits per heavy atom. The second-order valence-corrected chi connectivity index (χ2v) is 13.1. The number of anilines is 1. The standard InChI is InChI=1S/C31H38ClN3O5S/c1-6-40-27-17-15-26(16-18-27)35(41(5,38)39)22-29(36)34(21-24-13-10-14-25(32)19-24)28(30(37)33-31(2,3)4)20-23-11-8-7-9-12-23/h7-19,28H,6,20-22H2,1-5H3,(H,33,37)/t28-/m0/s1. The predicted octanol–water partition coefficient (Wildman–Crippen LogP) is 5.06. The maximum atomic E-state index is 14.1. The minimum Gasteiger partial charge on any atom is -0.494 e. The first-order valence-electron chi connectivity index (χ1n) is 13.4. The van der Waals surface area contributed by atoms with E-state index >= 15 is 0 Å². The Kier molecular flexibility index (Phi) is 10.8. The number of hydrogen-bond acceptors (Lipinski definition) is 5. The van der Waals surface area contributed by atoms with E-state index in [0.29, 0.717) is 28.6 Å². The topological polar surface area (TPSA) is 96.0 Å². The summed E-state index contributed by atoms with van der Waals surface area (Å²) in [6.07, 6.45) is 1.28. The Hall–Kier alpha value is -3.56. The van der Waals surface area contributed by atoms with E-state index < -0.39 is 34.1 Å². The van der Waals surface area contributed by atoms with Gasteiger partial charge in [0, 0.05) is 23.5 Å². The predicted molar refractivity (Wildman–Crippen MR) is 164 cm³/mol. The first-order chi connectivity index (χ1) is 19.3. The van der Waals surface area contributed by atoms with Crippen LogP contribution >= 0.6 is 11.6 Å². The quantitative estimate of drug-likeness (QED) is 0.314. The van der Waals surface area contributed by atoms with Crippen LogP contribution in [0, 0.1) is 0 Å². The molecule has 8 nitrogen and oxygen atoms in total. The highest BCUT2D eigenvalue weighted by atomic mass is 35.5. The van der Waals surface area contributed by atoms with Gasteiger partial charge in [-0.2, -0.15) is 0 Å². The Morgan fingerprint density at radius 1 is 0.951 bits per heavy atom. The summed E-state index contributed by atoms with van der Waals surface area (Å²) in [5.41, 5.74) is 1.32. The molecule has 0 aliphatic carbocycles. The summed E-state index contributed by atoms with van der Waals surface area (Å²) in [7, 11) is -3.86. The molecular weight excluding hydrogens is 562 g/mol. The van der Waals surface area contributed by atoms with Crippen LogP contribution in [0.1, 0.15) is 38.8 Å². The van der Waals surface area contributed by atoms with Crippen LogP contribution in [-0.2, 0) is 32.6 Å². The SMILES string of the molecule is CCOc1ccc(N(CC(=O)N(Cc2cccc(Cl)c2)[C@@H](Cc2ccccc2)C(=O)NC(C)(C)C)S(C)(=O)=O)cc1. The zero-order chi connectivity index (χ0) is 30.2. The number of nitrogens with zero attached hydrogens (tertiary/aromatic N) is 2. The molecular formula is C31H38ClN3O5S. The van der Waals surface area contributed by atoms with Crippen molar-refractivity contribution in [2.24, 2.45) is 0 Å². The highest BCUT2D eigenvalue weighted by Gasteiger charge is 2.34. The second-order valence-electron chi connectivity index (χ2n) is 10.8. The fourth-order valence-electron chi connectivity index (χ4n) is 4.33. The van der Waals surface area contributed by atoms with Gasteiger partial charge in [0.25, 0.3) is 0 Å². The molecule has 3 aromatic carbocycles. The Balaban J connectivity index is 2.05. The average Bonchev–Trinajstić information content (AvgIpc) is 2.89. The van der Waals surface area contributed by atoms with Crippen LogP contribution in [0.2, 0.25) is 5.02 Å². The zero-order valence-electron chi connectivity index (χ0n) is 24.1. The number of sulfonamides is 1. The highest BCUT2D eigenvalue weighted by molar-refractivity contribution is 7.92. The molecule has 41 heavy (non-hydrogen) atoms. The van der Waals surface area contributed by atoms with Gasteiger partial charge in [-0.1, -0.05) is 54.1 Å². The molecule has 0 unspecified atom stereocenters. The van der Waals surface area contributed by atoms with Crippen LogP contribution in [0.4, 0.5) is 5.69 Å². The third-order valence-electron chi connectivity index (χ3n) is 6.13. The molecule has 3 aromatic rings. The van der Waals surface area contributed by atoms with Gasteiger partial charge >= 0.3 is 0 Å². The van der Waals surface area contributed by atoms with Gasteiger partial charge in [0.05, 0.1) is 18.6 Å². The van der Waals surface area contributed by atoms with Crippen molar-refractivity contribution in [3.8, 4) is 5.75 Å². The van der Waals surface area contributed by atoms with Crippen molar-refractivity contribution in [1.29, 1.82) is 0 Å². The monoisotopic (exact) mass is 599 g/mol. The third kappa shape index (κ3) is 9.79. The number of halogens is 1. The molecule has 0 bridgehead atoms. The third-order valence-corrected chi connectivity index (χ3v) is 7.50. The van der Waals surface area contributed by atoms with Gasteiger partial charge in [0.15, 0.2) is 0 Å². The van der Waals surface area contributed by atoms with Gasteiger partial charge in [-0.15, -0.1) is 0 Å². The number of amides is 2. The van der Waals surface area contributed by atoms with Crippen molar-refractivity contribution in [1.82, 2.24) is 10.2 Å². The van der Waals surface area contributed by atoms with Gasteiger partial charge in [-0.25, -0.2) is 8.42 Å². The van der Waals surface area contributed by atoms with Crippen molar-refractivity contribution >= 4 is 39.1 Å². The number of rotatable bonds is 12. The van der Waals surface area contributed by atoms with Crippen molar-refractivity contribution in [2.45, 2.75) is 52.2 Å². The number of carbonyl (C=O) groups excluding carboxylic acids is 2. The summed E-state index contributed by atoms with van der Waals surface area (Å²) in [5.74, 6) is -0.293. The van der Waals surface area contributed by atoms with Crippen LogP contribution in [0.15, 0.2) is 78.9 Å². The van der Waals surface area contributed by atoms with Crippen molar-refractivity contribution in [3.63, 3.8) is 0 Å². The van der Waals surface area contributed by atoms with Gasteiger partial charge < -0.3 is 15.0 Å². The lowest BCUT2D eigenvalue weighted by atomic mass is 10.0. The molecule has 0 radical (unpaired) electrons. The van der Waals surface area contributed by atoms with Crippen LogP contribution in [0.25, 0.3) is 0 Å². The zero-order valence-corrected chi connectivity index (χ0v) is 25.7.